The molecule has 0 spiro atoms. The molecule has 0 amide bonds. The number of ether oxygens (including phenoxy) is 2. The van der Waals surface area contributed by atoms with E-state index in [-0.39, 0.29) is 0 Å². The molecule has 0 radical (unpaired) electrons. The Bertz CT molecular complexity index is 297. The molecule has 0 N–H and O–H groups in total. The fraction of sp³-hybridized carbons (Fsp3) is 0.300. The highest BCUT2D eigenvalue weighted by atomic mass is 16.5. The van der Waals surface area contributed by atoms with Crippen LogP contribution in [-0.2, 0) is 11.3 Å². The number of hydrogen-bond donors (Lipinski definition) is 0. The molecule has 0 unspecified atom stereocenters. The highest BCUT2D eigenvalue weighted by Gasteiger charge is 2.01. The van der Waals surface area contributed by atoms with Crippen molar-refractivity contribution in [2.24, 2.45) is 4.99 Å². The van der Waals surface area contributed by atoms with Crippen LogP contribution in [0.5, 0.6) is 5.75 Å². The average molecular weight is 179 g/mol. The van der Waals surface area contributed by atoms with Gasteiger partial charge in [-0.2, -0.15) is 0 Å². The first-order chi connectivity index (χ1) is 6.31. The maximum atomic E-state index is 5.13. The van der Waals surface area contributed by atoms with Crippen LogP contribution in [0.3, 0.4) is 0 Å². The zero-order chi connectivity index (χ0) is 9.68. The van der Waals surface area contributed by atoms with Gasteiger partial charge in [0.25, 0.3) is 0 Å². The summed E-state index contributed by atoms with van der Waals surface area (Å²) in [6.45, 7) is 4.03. The van der Waals surface area contributed by atoms with Crippen LogP contribution < -0.4 is 4.74 Å². The summed E-state index contributed by atoms with van der Waals surface area (Å²) >= 11 is 0. The Labute approximate surface area is 78.0 Å². The van der Waals surface area contributed by atoms with E-state index in [2.05, 4.69) is 11.7 Å². The molecule has 0 aliphatic rings. The minimum absolute atomic E-state index is 0.577. The Hall–Kier alpha value is -1.35. The monoisotopic (exact) mass is 179 g/mol. The molecule has 0 aliphatic carbocycles. The predicted octanol–water partition coefficient (Wildman–Crippen LogP) is 2.17. The van der Waals surface area contributed by atoms with Crippen LogP contribution in [0.15, 0.2) is 23.2 Å². The van der Waals surface area contributed by atoms with E-state index in [1.807, 2.05) is 18.2 Å². The van der Waals surface area contributed by atoms with Gasteiger partial charge in [0.1, 0.15) is 11.4 Å². The maximum Gasteiger partial charge on any atom is 0.144 e. The Balaban J connectivity index is 2.98. The molecule has 1 aromatic carbocycles. The smallest absolute Gasteiger partial charge is 0.144 e. The van der Waals surface area contributed by atoms with E-state index in [0.717, 1.165) is 17.0 Å². The molecule has 1 rings (SSSR count). The van der Waals surface area contributed by atoms with Gasteiger partial charge in [0.05, 0.1) is 13.7 Å². The maximum absolute atomic E-state index is 5.13. The molecule has 0 fully saturated rings. The Morgan fingerprint density at radius 3 is 2.69 bits per heavy atom. The normalized spacial score (nSPS) is 9.69. The number of nitrogens with zero attached hydrogens (tertiary/aromatic N) is 1. The van der Waals surface area contributed by atoms with Gasteiger partial charge in [-0.1, -0.05) is 6.07 Å². The van der Waals surface area contributed by atoms with Crippen molar-refractivity contribution in [3.8, 4) is 5.75 Å². The standard InChI is InChI=1S/C10H13NO2/c1-11-9-5-4-8(7-12-2)6-10(9)13-3/h4-6H,1,7H2,2-3H3. The average Bonchev–Trinajstić information content (AvgIpc) is 2.18. The first-order valence-electron chi connectivity index (χ1n) is 3.94. The van der Waals surface area contributed by atoms with Crippen molar-refractivity contribution in [1.82, 2.24) is 0 Å². The van der Waals surface area contributed by atoms with Crippen molar-refractivity contribution in [2.45, 2.75) is 6.61 Å². The van der Waals surface area contributed by atoms with Crippen molar-refractivity contribution >= 4 is 12.4 Å². The van der Waals surface area contributed by atoms with E-state index in [1.165, 1.54) is 0 Å². The number of methoxy groups -OCH3 is 2. The van der Waals surface area contributed by atoms with E-state index in [1.54, 1.807) is 14.2 Å². The second-order valence-electron chi connectivity index (χ2n) is 2.60. The highest BCUT2D eigenvalue weighted by molar-refractivity contribution is 5.57. The lowest BCUT2D eigenvalue weighted by atomic mass is 10.2. The van der Waals surface area contributed by atoms with Crippen LogP contribution in [0.2, 0.25) is 0 Å². The summed E-state index contributed by atoms with van der Waals surface area (Å²) < 4.78 is 10.1. The lowest BCUT2D eigenvalue weighted by Gasteiger charge is -2.06. The van der Waals surface area contributed by atoms with E-state index in [9.17, 15) is 0 Å². The van der Waals surface area contributed by atoms with Crippen molar-refractivity contribution < 1.29 is 9.47 Å². The highest BCUT2D eigenvalue weighted by Crippen LogP contribution is 2.27. The second kappa shape index (κ2) is 4.62. The minimum atomic E-state index is 0.577. The molecular weight excluding hydrogens is 166 g/mol. The van der Waals surface area contributed by atoms with Crippen LogP contribution in [0.25, 0.3) is 0 Å². The van der Waals surface area contributed by atoms with Crippen LogP contribution in [-0.4, -0.2) is 20.9 Å². The first kappa shape index (κ1) is 9.74. The van der Waals surface area contributed by atoms with Gasteiger partial charge in [-0.05, 0) is 24.4 Å². The largest absolute Gasteiger partial charge is 0.494 e. The number of benzene rings is 1. The minimum Gasteiger partial charge on any atom is -0.494 e. The first-order valence-corrected chi connectivity index (χ1v) is 3.94. The number of aliphatic imine (C=N–C) groups is 1. The summed E-state index contributed by atoms with van der Waals surface area (Å²) in [7, 11) is 3.27. The van der Waals surface area contributed by atoms with Crippen LogP contribution in [0, 0.1) is 0 Å². The molecule has 3 heteroatoms. The van der Waals surface area contributed by atoms with Gasteiger partial charge >= 0.3 is 0 Å². The van der Waals surface area contributed by atoms with E-state index < -0.39 is 0 Å². The molecule has 0 atom stereocenters. The zero-order valence-corrected chi connectivity index (χ0v) is 7.91. The Kier molecular flexibility index (Phi) is 3.46. The van der Waals surface area contributed by atoms with Gasteiger partial charge in [-0.15, -0.1) is 0 Å². The fourth-order valence-corrected chi connectivity index (χ4v) is 1.11. The molecular formula is C10H13NO2. The molecule has 0 saturated carbocycles. The second-order valence-corrected chi connectivity index (χ2v) is 2.60. The topological polar surface area (TPSA) is 30.8 Å². The van der Waals surface area contributed by atoms with Crippen molar-refractivity contribution in [1.29, 1.82) is 0 Å². The van der Waals surface area contributed by atoms with Crippen LogP contribution in [0.1, 0.15) is 5.56 Å². The van der Waals surface area contributed by atoms with Crippen LogP contribution in [0.4, 0.5) is 5.69 Å². The molecule has 0 heterocycles. The Morgan fingerprint density at radius 2 is 2.15 bits per heavy atom. The third-order valence-corrected chi connectivity index (χ3v) is 1.73. The number of hydrogen-bond acceptors (Lipinski definition) is 3. The zero-order valence-electron chi connectivity index (χ0n) is 7.91. The van der Waals surface area contributed by atoms with Crippen molar-refractivity contribution in [3.63, 3.8) is 0 Å². The fourth-order valence-electron chi connectivity index (χ4n) is 1.11. The molecule has 70 valence electrons. The van der Waals surface area contributed by atoms with Gasteiger partial charge in [0.15, 0.2) is 0 Å². The third-order valence-electron chi connectivity index (χ3n) is 1.73. The summed E-state index contributed by atoms with van der Waals surface area (Å²) in [5, 5.41) is 0. The summed E-state index contributed by atoms with van der Waals surface area (Å²) in [6, 6.07) is 5.70. The molecule has 0 aliphatic heterocycles. The summed E-state index contributed by atoms with van der Waals surface area (Å²) in [4.78, 5) is 3.83. The molecule has 0 aromatic heterocycles. The molecule has 0 saturated heterocycles. The van der Waals surface area contributed by atoms with Gasteiger partial charge < -0.3 is 9.47 Å². The summed E-state index contributed by atoms with van der Waals surface area (Å²) in [5.74, 6) is 0.726. The van der Waals surface area contributed by atoms with Gasteiger partial charge in [0.2, 0.25) is 0 Å². The van der Waals surface area contributed by atoms with Gasteiger partial charge in [-0.3, -0.25) is 4.99 Å². The molecule has 13 heavy (non-hydrogen) atoms. The molecule has 1 aromatic rings. The van der Waals surface area contributed by atoms with Gasteiger partial charge in [0, 0.05) is 7.11 Å². The summed E-state index contributed by atoms with van der Waals surface area (Å²) in [5.41, 5.74) is 1.81. The quantitative estimate of drug-likeness (QED) is 0.663. The number of rotatable bonds is 4. The summed E-state index contributed by atoms with van der Waals surface area (Å²) in [6.07, 6.45) is 0. The van der Waals surface area contributed by atoms with Crippen molar-refractivity contribution in [3.05, 3.63) is 23.8 Å². The van der Waals surface area contributed by atoms with E-state index in [4.69, 9.17) is 9.47 Å². The predicted molar refractivity (Wildman–Crippen MR) is 52.9 cm³/mol. The van der Waals surface area contributed by atoms with E-state index >= 15 is 0 Å². The molecule has 3 nitrogen and oxygen atoms in total. The Morgan fingerprint density at radius 1 is 1.38 bits per heavy atom. The molecule has 0 bridgehead atoms. The third kappa shape index (κ3) is 2.29. The van der Waals surface area contributed by atoms with Gasteiger partial charge in [-0.25, -0.2) is 0 Å². The van der Waals surface area contributed by atoms with Crippen molar-refractivity contribution in [2.75, 3.05) is 14.2 Å². The lowest BCUT2D eigenvalue weighted by Crippen LogP contribution is -1.89. The van der Waals surface area contributed by atoms with E-state index in [0.29, 0.717) is 6.61 Å². The van der Waals surface area contributed by atoms with Crippen LogP contribution >= 0.6 is 0 Å². The SMILES string of the molecule is C=Nc1ccc(COC)cc1OC. The lowest BCUT2D eigenvalue weighted by molar-refractivity contribution is 0.184.